The van der Waals surface area contributed by atoms with Crippen LogP contribution in [0, 0.1) is 0 Å². The van der Waals surface area contributed by atoms with Crippen LogP contribution in [0.25, 0.3) is 0 Å². The van der Waals surface area contributed by atoms with Crippen LogP contribution in [0.5, 0.6) is 5.75 Å². The van der Waals surface area contributed by atoms with Crippen molar-refractivity contribution in [2.45, 2.75) is 20.5 Å². The summed E-state index contributed by atoms with van der Waals surface area (Å²) in [7, 11) is -0.962. The maximum atomic E-state index is 9.58. The Morgan fingerprint density at radius 1 is 1.55 bits per heavy atom. The van der Waals surface area contributed by atoms with Gasteiger partial charge in [-0.05, 0) is 23.2 Å². The number of rotatable bonds is 3. The number of carbonyl (C=O) groups is 1. The summed E-state index contributed by atoms with van der Waals surface area (Å²) < 4.78 is 10.1. The number of benzene rings is 1. The maximum absolute atomic E-state index is 9.58. The van der Waals surface area contributed by atoms with Gasteiger partial charge < -0.3 is 30.4 Å². The van der Waals surface area contributed by atoms with E-state index in [4.69, 9.17) is 30.1 Å². The molecular formula is C12H20BNO6. The van der Waals surface area contributed by atoms with E-state index in [1.807, 2.05) is 0 Å². The molecule has 20 heavy (non-hydrogen) atoms. The monoisotopic (exact) mass is 285 g/mol. The Bertz CT molecular complexity index is 438. The number of aliphatic carboxylic acids is 1. The summed E-state index contributed by atoms with van der Waals surface area (Å²) in [4.78, 5) is 9.00. The number of carboxylic acids is 1. The molecule has 1 heterocycles. The SMILES string of the molecule is C.CC(=O)O.NCC1OB(O)c2cc(OCO)ccc21. The molecule has 0 spiro atoms. The Balaban J connectivity index is 0.000000644. The molecule has 0 amide bonds. The Hall–Kier alpha value is -1.61. The molecular weight excluding hydrogens is 265 g/mol. The molecule has 1 aliphatic heterocycles. The fraction of sp³-hybridized carbons (Fsp3) is 0.417. The van der Waals surface area contributed by atoms with Crippen molar-refractivity contribution in [3.63, 3.8) is 0 Å². The third-order valence-corrected chi connectivity index (χ3v) is 2.41. The second kappa shape index (κ2) is 8.54. The highest BCUT2D eigenvalue weighted by molar-refractivity contribution is 6.61. The smallest absolute Gasteiger partial charge is 0.481 e. The van der Waals surface area contributed by atoms with E-state index in [1.54, 1.807) is 18.2 Å². The zero-order valence-corrected chi connectivity index (χ0v) is 10.4. The van der Waals surface area contributed by atoms with E-state index in [9.17, 15) is 5.02 Å². The van der Waals surface area contributed by atoms with Gasteiger partial charge >= 0.3 is 7.12 Å². The van der Waals surface area contributed by atoms with Gasteiger partial charge in [0.05, 0.1) is 6.10 Å². The van der Waals surface area contributed by atoms with Crippen molar-refractivity contribution in [2.75, 3.05) is 13.3 Å². The lowest BCUT2D eigenvalue weighted by atomic mass is 9.79. The molecule has 5 N–H and O–H groups in total. The topological polar surface area (TPSA) is 122 Å². The quantitative estimate of drug-likeness (QED) is 0.434. The summed E-state index contributed by atoms with van der Waals surface area (Å²) >= 11 is 0. The molecule has 1 atom stereocenters. The highest BCUT2D eigenvalue weighted by Gasteiger charge is 2.34. The molecule has 0 aromatic heterocycles. The molecule has 1 aliphatic rings. The fourth-order valence-electron chi connectivity index (χ4n) is 1.71. The van der Waals surface area contributed by atoms with Gasteiger partial charge in [-0.2, -0.15) is 0 Å². The highest BCUT2D eigenvalue weighted by Crippen LogP contribution is 2.24. The summed E-state index contributed by atoms with van der Waals surface area (Å²) in [5, 5.41) is 25.6. The van der Waals surface area contributed by atoms with Crippen LogP contribution in [0.15, 0.2) is 18.2 Å². The molecule has 1 aromatic rings. The number of hydrogen-bond donors (Lipinski definition) is 4. The van der Waals surface area contributed by atoms with Gasteiger partial charge in [0.1, 0.15) is 5.75 Å². The Morgan fingerprint density at radius 2 is 2.15 bits per heavy atom. The van der Waals surface area contributed by atoms with E-state index in [0.29, 0.717) is 17.8 Å². The minimum atomic E-state index is -0.962. The van der Waals surface area contributed by atoms with Gasteiger partial charge in [-0.25, -0.2) is 0 Å². The summed E-state index contributed by atoms with van der Waals surface area (Å²) in [6, 6.07) is 5.14. The molecule has 2 rings (SSSR count). The van der Waals surface area contributed by atoms with E-state index in [0.717, 1.165) is 12.5 Å². The van der Waals surface area contributed by atoms with E-state index < -0.39 is 19.9 Å². The first-order chi connectivity index (χ1) is 8.99. The standard InChI is InChI=1S/C9H12BNO4.C2H4O2.CH4/c11-4-9-7-2-1-6(14-5-12)3-8(7)10(13)15-9;1-2(3)4;/h1-3,9,12-13H,4-5,11H2;1H3,(H,3,4);1H4. The average Bonchev–Trinajstić information content (AvgIpc) is 2.66. The molecule has 1 unspecified atom stereocenters. The molecule has 8 heteroatoms. The van der Waals surface area contributed by atoms with E-state index in [-0.39, 0.29) is 13.5 Å². The number of carboxylic acid groups (broad SMARTS) is 1. The average molecular weight is 285 g/mol. The number of nitrogens with two attached hydrogens (primary N) is 1. The first kappa shape index (κ1) is 18.4. The fourth-order valence-corrected chi connectivity index (χ4v) is 1.71. The lowest BCUT2D eigenvalue weighted by Crippen LogP contribution is -2.28. The van der Waals surface area contributed by atoms with Crippen molar-refractivity contribution >= 4 is 18.6 Å². The maximum Gasteiger partial charge on any atom is 0.492 e. The molecule has 0 aliphatic carbocycles. The van der Waals surface area contributed by atoms with Gasteiger partial charge in [0.25, 0.3) is 5.97 Å². The molecule has 7 nitrogen and oxygen atoms in total. The van der Waals surface area contributed by atoms with Gasteiger partial charge in [-0.1, -0.05) is 13.5 Å². The predicted molar refractivity (Wildman–Crippen MR) is 74.7 cm³/mol. The molecule has 0 saturated heterocycles. The van der Waals surface area contributed by atoms with Crippen molar-refractivity contribution in [1.82, 2.24) is 0 Å². The number of aliphatic hydroxyl groups is 1. The van der Waals surface area contributed by atoms with Crippen molar-refractivity contribution in [1.29, 1.82) is 0 Å². The molecule has 0 saturated carbocycles. The second-order valence-corrected chi connectivity index (χ2v) is 3.80. The van der Waals surface area contributed by atoms with Crippen LogP contribution in [0.1, 0.15) is 26.0 Å². The highest BCUT2D eigenvalue weighted by atomic mass is 16.6. The van der Waals surface area contributed by atoms with Crippen molar-refractivity contribution in [3.8, 4) is 5.75 Å². The number of aliphatic hydroxyl groups excluding tert-OH is 1. The van der Waals surface area contributed by atoms with Crippen LogP contribution in [-0.4, -0.2) is 41.7 Å². The number of ether oxygens (including phenoxy) is 1. The third kappa shape index (κ3) is 4.82. The van der Waals surface area contributed by atoms with Crippen LogP contribution < -0.4 is 15.9 Å². The van der Waals surface area contributed by atoms with Crippen LogP contribution in [0.4, 0.5) is 0 Å². The number of fused-ring (bicyclic) bond motifs is 1. The van der Waals surface area contributed by atoms with Gasteiger partial charge in [-0.15, -0.1) is 0 Å². The molecule has 0 radical (unpaired) electrons. The summed E-state index contributed by atoms with van der Waals surface area (Å²) in [5.74, 6) is -0.337. The Labute approximate surface area is 118 Å². The molecule has 0 fully saturated rings. The van der Waals surface area contributed by atoms with Gasteiger partial charge in [-0.3, -0.25) is 4.79 Å². The van der Waals surface area contributed by atoms with Crippen LogP contribution in [0.2, 0.25) is 0 Å². The Morgan fingerprint density at radius 3 is 2.65 bits per heavy atom. The van der Waals surface area contributed by atoms with Crippen molar-refractivity contribution in [2.24, 2.45) is 5.73 Å². The van der Waals surface area contributed by atoms with Gasteiger partial charge in [0, 0.05) is 13.5 Å². The zero-order valence-electron chi connectivity index (χ0n) is 10.4. The van der Waals surface area contributed by atoms with Crippen LogP contribution in [0.3, 0.4) is 0 Å². The minimum Gasteiger partial charge on any atom is -0.481 e. The molecule has 0 bridgehead atoms. The minimum absolute atomic E-state index is 0. The van der Waals surface area contributed by atoms with Gasteiger partial charge in [0.15, 0.2) is 6.79 Å². The molecule has 112 valence electrons. The largest absolute Gasteiger partial charge is 0.492 e. The van der Waals surface area contributed by atoms with Crippen molar-refractivity contribution in [3.05, 3.63) is 23.8 Å². The number of hydrogen-bond acceptors (Lipinski definition) is 6. The summed E-state index contributed by atoms with van der Waals surface area (Å²) in [6.07, 6.45) is -0.266. The van der Waals surface area contributed by atoms with Crippen molar-refractivity contribution < 1.29 is 29.4 Å². The molecule has 1 aromatic carbocycles. The van der Waals surface area contributed by atoms with Crippen LogP contribution >= 0.6 is 0 Å². The second-order valence-electron chi connectivity index (χ2n) is 3.80. The lowest BCUT2D eigenvalue weighted by molar-refractivity contribution is -0.134. The zero-order chi connectivity index (χ0) is 14.4. The third-order valence-electron chi connectivity index (χ3n) is 2.41. The predicted octanol–water partition coefficient (Wildman–Crippen LogP) is -0.540. The first-order valence-electron chi connectivity index (χ1n) is 5.60. The van der Waals surface area contributed by atoms with Crippen LogP contribution in [-0.2, 0) is 9.45 Å². The Kier molecular flexibility index (Phi) is 7.86. The van der Waals surface area contributed by atoms with E-state index in [1.165, 1.54) is 0 Å². The van der Waals surface area contributed by atoms with E-state index >= 15 is 0 Å². The summed E-state index contributed by atoms with van der Waals surface area (Å²) in [5.41, 5.74) is 7.02. The van der Waals surface area contributed by atoms with E-state index in [2.05, 4.69) is 0 Å². The lowest BCUT2D eigenvalue weighted by Gasteiger charge is -2.08. The summed E-state index contributed by atoms with van der Waals surface area (Å²) in [6.45, 7) is 1.01. The van der Waals surface area contributed by atoms with Gasteiger partial charge in [0.2, 0.25) is 0 Å². The first-order valence-corrected chi connectivity index (χ1v) is 5.60. The normalized spacial score (nSPS) is 15.6.